The number of nitrogens with one attached hydrogen (secondary N) is 3. The van der Waals surface area contributed by atoms with E-state index in [1.807, 2.05) is 13.8 Å². The maximum Gasteiger partial charge on any atom is 0.314 e. The van der Waals surface area contributed by atoms with E-state index in [-0.39, 0.29) is 11.8 Å². The fraction of sp³-hybridized carbons (Fsp3) is 0.308. The number of aromatic amines is 2. The first-order valence-corrected chi connectivity index (χ1v) is 6.21. The highest BCUT2D eigenvalue weighted by Gasteiger charge is 2.17. The molecule has 1 atom stereocenters. The summed E-state index contributed by atoms with van der Waals surface area (Å²) in [5.74, 6) is -0.280. The van der Waals surface area contributed by atoms with E-state index in [0.29, 0.717) is 16.7 Å². The van der Waals surface area contributed by atoms with Crippen molar-refractivity contribution in [1.29, 1.82) is 0 Å². The Bertz CT molecular complexity index is 760. The lowest BCUT2D eigenvalue weighted by atomic mass is 10.0. The predicted molar refractivity (Wildman–Crippen MR) is 76.6 cm³/mol. The number of carbonyl (C=O) groups excluding carboxylic acids is 1. The Morgan fingerprint density at radius 1 is 1.15 bits per heavy atom. The van der Waals surface area contributed by atoms with E-state index in [1.54, 1.807) is 18.2 Å². The van der Waals surface area contributed by atoms with Gasteiger partial charge in [-0.3, -0.25) is 14.4 Å². The molecule has 0 aliphatic rings. The van der Waals surface area contributed by atoms with Gasteiger partial charge in [-0.1, -0.05) is 13.8 Å². The third-order valence-electron chi connectivity index (χ3n) is 3.01. The average Bonchev–Trinajstić information content (AvgIpc) is 2.39. The molecule has 7 heteroatoms. The average molecular weight is 276 g/mol. The van der Waals surface area contributed by atoms with Crippen molar-refractivity contribution in [1.82, 2.24) is 9.97 Å². The molecule has 1 amide bonds. The number of H-pyrrole nitrogens is 2. The third-order valence-corrected chi connectivity index (χ3v) is 3.01. The first-order valence-electron chi connectivity index (χ1n) is 6.21. The second-order valence-corrected chi connectivity index (χ2v) is 4.93. The van der Waals surface area contributed by atoms with Gasteiger partial charge in [0, 0.05) is 5.69 Å². The van der Waals surface area contributed by atoms with Crippen molar-refractivity contribution in [2.75, 3.05) is 5.32 Å². The van der Waals surface area contributed by atoms with Crippen LogP contribution in [0.4, 0.5) is 5.69 Å². The number of carbonyl (C=O) groups is 1. The van der Waals surface area contributed by atoms with Gasteiger partial charge in [0.05, 0.1) is 17.1 Å². The van der Waals surface area contributed by atoms with Crippen LogP contribution in [-0.2, 0) is 4.79 Å². The standard InChI is InChI=1S/C13H16N4O3/c1-6(2)10(14)11(18)15-7-3-4-8-9(5-7)17-13(20)12(19)16-8/h3-6,10H,14H2,1-2H3,(H,15,18)(H,16,19)(H,17,20). The maximum atomic E-state index is 11.8. The molecule has 0 fully saturated rings. The number of nitrogens with two attached hydrogens (primary N) is 1. The van der Waals surface area contributed by atoms with Crippen LogP contribution in [0.3, 0.4) is 0 Å². The number of aromatic nitrogens is 2. The first kappa shape index (κ1) is 14.0. The van der Waals surface area contributed by atoms with E-state index >= 15 is 0 Å². The van der Waals surface area contributed by atoms with Crippen LogP contribution >= 0.6 is 0 Å². The summed E-state index contributed by atoms with van der Waals surface area (Å²) in [5, 5.41) is 2.67. The van der Waals surface area contributed by atoms with Gasteiger partial charge in [0.25, 0.3) is 0 Å². The monoisotopic (exact) mass is 276 g/mol. The van der Waals surface area contributed by atoms with Crippen molar-refractivity contribution >= 4 is 22.6 Å². The molecule has 1 aromatic carbocycles. The van der Waals surface area contributed by atoms with Gasteiger partial charge in [0.15, 0.2) is 0 Å². The Balaban J connectivity index is 2.33. The molecule has 0 saturated heterocycles. The second-order valence-electron chi connectivity index (χ2n) is 4.93. The Hall–Kier alpha value is -2.41. The Labute approximate surface area is 114 Å². The molecule has 5 N–H and O–H groups in total. The molecule has 0 saturated carbocycles. The molecular weight excluding hydrogens is 260 g/mol. The highest BCUT2D eigenvalue weighted by atomic mass is 16.2. The number of rotatable bonds is 3. The molecule has 1 unspecified atom stereocenters. The van der Waals surface area contributed by atoms with Gasteiger partial charge < -0.3 is 21.0 Å². The molecular formula is C13H16N4O3. The van der Waals surface area contributed by atoms with Gasteiger partial charge in [0.1, 0.15) is 0 Å². The summed E-state index contributed by atoms with van der Waals surface area (Å²) in [6.45, 7) is 3.71. The fourth-order valence-electron chi connectivity index (χ4n) is 1.72. The van der Waals surface area contributed by atoms with Crippen LogP contribution in [-0.4, -0.2) is 21.9 Å². The summed E-state index contributed by atoms with van der Waals surface area (Å²) >= 11 is 0. The summed E-state index contributed by atoms with van der Waals surface area (Å²) in [7, 11) is 0. The molecule has 2 aromatic rings. The maximum absolute atomic E-state index is 11.8. The van der Waals surface area contributed by atoms with E-state index < -0.39 is 17.2 Å². The van der Waals surface area contributed by atoms with Crippen LogP contribution in [0.2, 0.25) is 0 Å². The van der Waals surface area contributed by atoms with Crippen molar-refractivity contribution < 1.29 is 4.79 Å². The smallest absolute Gasteiger partial charge is 0.314 e. The SMILES string of the molecule is CC(C)C(N)C(=O)Nc1ccc2[nH]c(=O)c(=O)[nH]c2c1. The van der Waals surface area contributed by atoms with E-state index in [2.05, 4.69) is 15.3 Å². The lowest BCUT2D eigenvalue weighted by Gasteiger charge is -2.15. The van der Waals surface area contributed by atoms with Crippen LogP contribution < -0.4 is 22.2 Å². The first-order chi connectivity index (χ1) is 9.38. The van der Waals surface area contributed by atoms with E-state index in [4.69, 9.17) is 5.73 Å². The summed E-state index contributed by atoms with van der Waals surface area (Å²) in [5.41, 5.74) is 5.72. The van der Waals surface area contributed by atoms with Gasteiger partial charge in [-0.15, -0.1) is 0 Å². The normalized spacial score (nSPS) is 12.6. The number of benzene rings is 1. The summed E-state index contributed by atoms with van der Waals surface area (Å²) in [4.78, 5) is 39.2. The molecule has 106 valence electrons. The van der Waals surface area contributed by atoms with Gasteiger partial charge in [-0.2, -0.15) is 0 Å². The number of anilines is 1. The molecule has 2 rings (SSSR count). The minimum absolute atomic E-state index is 0.0200. The molecule has 0 bridgehead atoms. The fourth-order valence-corrected chi connectivity index (χ4v) is 1.72. The molecule has 20 heavy (non-hydrogen) atoms. The molecule has 0 aliphatic carbocycles. The van der Waals surface area contributed by atoms with Gasteiger partial charge in [0.2, 0.25) is 5.91 Å². The molecule has 1 heterocycles. The van der Waals surface area contributed by atoms with E-state index in [0.717, 1.165) is 0 Å². The van der Waals surface area contributed by atoms with Crippen LogP contribution in [0.5, 0.6) is 0 Å². The van der Waals surface area contributed by atoms with Gasteiger partial charge >= 0.3 is 11.1 Å². The Kier molecular flexibility index (Phi) is 3.71. The number of hydrogen-bond donors (Lipinski definition) is 4. The van der Waals surface area contributed by atoms with E-state index in [9.17, 15) is 14.4 Å². The summed E-state index contributed by atoms with van der Waals surface area (Å²) < 4.78 is 0. The topological polar surface area (TPSA) is 121 Å². The minimum atomic E-state index is -0.736. The Morgan fingerprint density at radius 2 is 1.75 bits per heavy atom. The van der Waals surface area contributed by atoms with Crippen molar-refractivity contribution in [2.24, 2.45) is 11.7 Å². The van der Waals surface area contributed by atoms with Crippen molar-refractivity contribution in [3.63, 3.8) is 0 Å². The van der Waals surface area contributed by atoms with E-state index in [1.165, 1.54) is 0 Å². The highest BCUT2D eigenvalue weighted by molar-refractivity contribution is 5.96. The Morgan fingerprint density at radius 3 is 2.35 bits per heavy atom. The van der Waals surface area contributed by atoms with Crippen LogP contribution in [0, 0.1) is 5.92 Å². The number of fused-ring (bicyclic) bond motifs is 1. The molecule has 0 spiro atoms. The number of hydrogen-bond acceptors (Lipinski definition) is 4. The summed E-state index contributed by atoms with van der Waals surface area (Å²) in [6.07, 6.45) is 0. The van der Waals surface area contributed by atoms with Crippen LogP contribution in [0.15, 0.2) is 27.8 Å². The lowest BCUT2D eigenvalue weighted by molar-refractivity contribution is -0.118. The van der Waals surface area contributed by atoms with Crippen molar-refractivity contribution in [3.05, 3.63) is 38.9 Å². The largest absolute Gasteiger partial charge is 0.325 e. The predicted octanol–water partition coefficient (Wildman–Crippen LogP) is 0.138. The zero-order valence-corrected chi connectivity index (χ0v) is 11.2. The van der Waals surface area contributed by atoms with Crippen LogP contribution in [0.25, 0.3) is 11.0 Å². The third kappa shape index (κ3) is 2.77. The molecule has 7 nitrogen and oxygen atoms in total. The molecule has 0 radical (unpaired) electrons. The second kappa shape index (κ2) is 5.30. The van der Waals surface area contributed by atoms with Crippen molar-refractivity contribution in [3.8, 4) is 0 Å². The van der Waals surface area contributed by atoms with Gasteiger partial charge in [-0.25, -0.2) is 0 Å². The molecule has 1 aromatic heterocycles. The number of amides is 1. The summed E-state index contributed by atoms with van der Waals surface area (Å²) in [6, 6.07) is 4.18. The minimum Gasteiger partial charge on any atom is -0.325 e. The zero-order valence-electron chi connectivity index (χ0n) is 11.2. The lowest BCUT2D eigenvalue weighted by Crippen LogP contribution is -2.39. The van der Waals surface area contributed by atoms with Crippen LogP contribution in [0.1, 0.15) is 13.8 Å². The zero-order chi connectivity index (χ0) is 14.9. The molecule has 0 aliphatic heterocycles. The van der Waals surface area contributed by atoms with Gasteiger partial charge in [-0.05, 0) is 24.1 Å². The quantitative estimate of drug-likeness (QED) is 0.596. The van der Waals surface area contributed by atoms with Crippen molar-refractivity contribution in [2.45, 2.75) is 19.9 Å². The highest BCUT2D eigenvalue weighted by Crippen LogP contribution is 2.14.